The van der Waals surface area contributed by atoms with Crippen LogP contribution in [0.15, 0.2) is 42.6 Å². The van der Waals surface area contributed by atoms with Crippen molar-refractivity contribution in [3.05, 3.63) is 59.3 Å². The number of aromatic amines is 1. The van der Waals surface area contributed by atoms with Gasteiger partial charge in [0, 0.05) is 29.7 Å². The molecule has 1 saturated heterocycles. The van der Waals surface area contributed by atoms with E-state index in [0.29, 0.717) is 31.5 Å². The molecule has 2 aliphatic heterocycles. The molecule has 0 atom stereocenters. The lowest BCUT2D eigenvalue weighted by Gasteiger charge is -2.38. The number of carbonyl (C=O) groups is 2. The number of aliphatic hydroxyl groups is 1. The number of nitrogens with zero attached hydrogens (tertiary/aromatic N) is 2. The summed E-state index contributed by atoms with van der Waals surface area (Å²) >= 11 is 0. The van der Waals surface area contributed by atoms with Crippen molar-refractivity contribution in [1.29, 1.82) is 0 Å². The van der Waals surface area contributed by atoms with Crippen LogP contribution in [0.4, 0.5) is 5.69 Å². The molecule has 1 spiro atoms. The molecule has 0 aliphatic carbocycles. The lowest BCUT2D eigenvalue weighted by molar-refractivity contribution is -0.122. The minimum atomic E-state index is -0.667. The fourth-order valence-corrected chi connectivity index (χ4v) is 4.58. The second kappa shape index (κ2) is 6.17. The number of benzene rings is 2. The number of likely N-dealkylation sites (tertiary alicyclic amines) is 1. The van der Waals surface area contributed by atoms with Gasteiger partial charge in [-0.25, -0.2) is 0 Å². The summed E-state index contributed by atoms with van der Waals surface area (Å²) in [5.74, 6) is -0.0673. The summed E-state index contributed by atoms with van der Waals surface area (Å²) in [6.07, 6.45) is 2.79. The van der Waals surface area contributed by atoms with E-state index in [1.54, 1.807) is 17.2 Å². The maximum absolute atomic E-state index is 13.0. The summed E-state index contributed by atoms with van der Waals surface area (Å²) in [5, 5.41) is 20.5. The number of amides is 2. The lowest BCUT2D eigenvalue weighted by atomic mass is 9.72. The standard InChI is InChI=1S/C21H20N4O3/c26-12-14-2-1-3-17-18(14)21(20(28)23-17)6-8-25(9-7-21)19(27)13-4-5-16-15(10-13)11-22-24-16/h1-5,10-11,26H,6-9,12H2,(H,22,24)(H,23,28). The van der Waals surface area contributed by atoms with Gasteiger partial charge < -0.3 is 15.3 Å². The van der Waals surface area contributed by atoms with E-state index in [1.807, 2.05) is 30.3 Å². The molecule has 142 valence electrons. The number of rotatable bonds is 2. The Hall–Kier alpha value is -3.19. The average Bonchev–Trinajstić information content (AvgIpc) is 3.30. The predicted octanol–water partition coefficient (Wildman–Crippen LogP) is 2.18. The molecule has 0 saturated carbocycles. The first-order valence-corrected chi connectivity index (χ1v) is 9.39. The van der Waals surface area contributed by atoms with Crippen LogP contribution in [0.25, 0.3) is 10.9 Å². The van der Waals surface area contributed by atoms with E-state index in [4.69, 9.17) is 0 Å². The van der Waals surface area contributed by atoms with Crippen LogP contribution >= 0.6 is 0 Å². The molecule has 3 heterocycles. The molecule has 3 aromatic rings. The Morgan fingerprint density at radius 1 is 1.21 bits per heavy atom. The van der Waals surface area contributed by atoms with Gasteiger partial charge in [-0.1, -0.05) is 12.1 Å². The molecule has 2 aliphatic rings. The van der Waals surface area contributed by atoms with Crippen molar-refractivity contribution < 1.29 is 14.7 Å². The molecule has 0 radical (unpaired) electrons. The van der Waals surface area contributed by atoms with Crippen LogP contribution in [0, 0.1) is 0 Å². The zero-order chi connectivity index (χ0) is 19.3. The SMILES string of the molecule is O=C(c1ccc2[nH]ncc2c1)N1CCC2(CC1)C(=O)Nc1cccc(CO)c12. The first-order valence-electron chi connectivity index (χ1n) is 9.39. The minimum Gasteiger partial charge on any atom is -0.392 e. The highest BCUT2D eigenvalue weighted by atomic mass is 16.3. The van der Waals surface area contributed by atoms with Crippen molar-refractivity contribution in [1.82, 2.24) is 15.1 Å². The number of fused-ring (bicyclic) bond motifs is 3. The highest BCUT2D eigenvalue weighted by Crippen LogP contribution is 2.46. The Morgan fingerprint density at radius 3 is 2.82 bits per heavy atom. The summed E-state index contributed by atoms with van der Waals surface area (Å²) in [7, 11) is 0. The van der Waals surface area contributed by atoms with E-state index < -0.39 is 5.41 Å². The third-order valence-electron chi connectivity index (χ3n) is 6.07. The highest BCUT2D eigenvalue weighted by molar-refractivity contribution is 6.07. The summed E-state index contributed by atoms with van der Waals surface area (Å²) in [4.78, 5) is 27.6. The van der Waals surface area contributed by atoms with Gasteiger partial charge in [0.05, 0.1) is 23.7 Å². The average molecular weight is 376 g/mol. The maximum atomic E-state index is 13.0. The van der Waals surface area contributed by atoms with E-state index in [9.17, 15) is 14.7 Å². The minimum absolute atomic E-state index is 0.0321. The van der Waals surface area contributed by atoms with Gasteiger partial charge in [0.1, 0.15) is 0 Å². The van der Waals surface area contributed by atoms with Crippen molar-refractivity contribution in [2.24, 2.45) is 0 Å². The molecule has 5 rings (SSSR count). The molecule has 1 fully saturated rings. The van der Waals surface area contributed by atoms with Crippen LogP contribution < -0.4 is 5.32 Å². The number of aromatic nitrogens is 2. The Morgan fingerprint density at radius 2 is 2.04 bits per heavy atom. The van der Waals surface area contributed by atoms with Gasteiger partial charge in [-0.05, 0) is 48.2 Å². The lowest BCUT2D eigenvalue weighted by Crippen LogP contribution is -2.48. The molecule has 28 heavy (non-hydrogen) atoms. The summed E-state index contributed by atoms with van der Waals surface area (Å²) in [6, 6.07) is 11.1. The van der Waals surface area contributed by atoms with Crippen molar-refractivity contribution in [2.45, 2.75) is 24.9 Å². The van der Waals surface area contributed by atoms with E-state index >= 15 is 0 Å². The molecule has 2 aromatic carbocycles. The second-order valence-corrected chi connectivity index (χ2v) is 7.50. The van der Waals surface area contributed by atoms with E-state index in [1.165, 1.54) is 0 Å². The first-order chi connectivity index (χ1) is 13.6. The number of carbonyl (C=O) groups excluding carboxylic acids is 2. The van der Waals surface area contributed by atoms with Gasteiger partial charge in [0.25, 0.3) is 5.91 Å². The molecule has 0 bridgehead atoms. The summed E-state index contributed by atoms with van der Waals surface area (Å²) in [5.41, 5.74) is 3.30. The Kier molecular flexibility index (Phi) is 3.73. The van der Waals surface area contributed by atoms with E-state index in [2.05, 4.69) is 15.5 Å². The molecule has 3 N–H and O–H groups in total. The van der Waals surface area contributed by atoms with Crippen LogP contribution in [0.1, 0.15) is 34.3 Å². The molecule has 2 amide bonds. The molecule has 1 aromatic heterocycles. The van der Waals surface area contributed by atoms with Crippen molar-refractivity contribution in [2.75, 3.05) is 18.4 Å². The number of anilines is 1. The third-order valence-corrected chi connectivity index (χ3v) is 6.07. The number of piperidine rings is 1. The van der Waals surface area contributed by atoms with Gasteiger partial charge in [-0.15, -0.1) is 0 Å². The Balaban J connectivity index is 1.41. The first kappa shape index (κ1) is 16.9. The quantitative estimate of drug-likeness (QED) is 0.638. The van der Waals surface area contributed by atoms with Gasteiger partial charge in [-0.2, -0.15) is 5.10 Å². The van der Waals surface area contributed by atoms with Crippen molar-refractivity contribution >= 4 is 28.4 Å². The molecule has 7 heteroatoms. The second-order valence-electron chi connectivity index (χ2n) is 7.50. The Bertz CT molecular complexity index is 1100. The zero-order valence-electron chi connectivity index (χ0n) is 15.2. The number of hydrogen-bond donors (Lipinski definition) is 3. The topological polar surface area (TPSA) is 98.3 Å². The summed E-state index contributed by atoms with van der Waals surface area (Å²) in [6.45, 7) is 0.886. The monoisotopic (exact) mass is 376 g/mol. The normalized spacial score (nSPS) is 17.8. The van der Waals surface area contributed by atoms with E-state index in [0.717, 1.165) is 27.7 Å². The van der Waals surface area contributed by atoms with Gasteiger partial charge in [0.15, 0.2) is 0 Å². The van der Waals surface area contributed by atoms with E-state index in [-0.39, 0.29) is 18.4 Å². The molecule has 0 unspecified atom stereocenters. The van der Waals surface area contributed by atoms with Gasteiger partial charge in [0.2, 0.25) is 5.91 Å². The smallest absolute Gasteiger partial charge is 0.253 e. The fourth-order valence-electron chi connectivity index (χ4n) is 4.58. The maximum Gasteiger partial charge on any atom is 0.253 e. The van der Waals surface area contributed by atoms with Crippen molar-refractivity contribution in [3.63, 3.8) is 0 Å². The number of nitrogens with one attached hydrogen (secondary N) is 2. The highest BCUT2D eigenvalue weighted by Gasteiger charge is 2.50. The largest absolute Gasteiger partial charge is 0.392 e. The predicted molar refractivity (Wildman–Crippen MR) is 104 cm³/mol. The van der Waals surface area contributed by atoms with Crippen molar-refractivity contribution in [3.8, 4) is 0 Å². The number of aliphatic hydroxyl groups excluding tert-OH is 1. The molecule has 7 nitrogen and oxygen atoms in total. The van der Waals surface area contributed by atoms with Gasteiger partial charge >= 0.3 is 0 Å². The van der Waals surface area contributed by atoms with Crippen LogP contribution in [-0.4, -0.2) is 45.1 Å². The number of H-pyrrole nitrogens is 1. The van der Waals surface area contributed by atoms with Crippen LogP contribution in [-0.2, 0) is 16.8 Å². The zero-order valence-corrected chi connectivity index (χ0v) is 15.2. The molecular weight excluding hydrogens is 356 g/mol. The number of hydrogen-bond acceptors (Lipinski definition) is 4. The van der Waals surface area contributed by atoms with Crippen LogP contribution in [0.5, 0.6) is 0 Å². The molecular formula is C21H20N4O3. The summed E-state index contributed by atoms with van der Waals surface area (Å²) < 4.78 is 0. The Labute approximate surface area is 161 Å². The third kappa shape index (κ3) is 2.36. The van der Waals surface area contributed by atoms with Crippen LogP contribution in [0.3, 0.4) is 0 Å². The van der Waals surface area contributed by atoms with Crippen LogP contribution in [0.2, 0.25) is 0 Å². The fraction of sp³-hybridized carbons (Fsp3) is 0.286. The van der Waals surface area contributed by atoms with Gasteiger partial charge in [-0.3, -0.25) is 14.7 Å².